The van der Waals surface area contributed by atoms with Gasteiger partial charge in [0.15, 0.2) is 0 Å². The van der Waals surface area contributed by atoms with Crippen LogP contribution in [0.1, 0.15) is 15.4 Å². The van der Waals surface area contributed by atoms with Gasteiger partial charge in [0.1, 0.15) is 10.7 Å². The number of thiazole rings is 1. The Morgan fingerprint density at radius 1 is 1.15 bits per heavy atom. The summed E-state index contributed by atoms with van der Waals surface area (Å²) in [5.74, 6) is -0.127. The maximum Gasteiger partial charge on any atom is 0.270 e. The lowest BCUT2D eigenvalue weighted by Crippen LogP contribution is -2.25. The second-order valence-corrected chi connectivity index (χ2v) is 8.10. The molecule has 0 aliphatic rings. The quantitative estimate of drug-likeness (QED) is 0.532. The number of aromatic nitrogens is 3. The number of amides is 1. The predicted molar refractivity (Wildman–Crippen MR) is 110 cm³/mol. The molecule has 4 aromatic rings. The largest absolute Gasteiger partial charge is 0.350 e. The van der Waals surface area contributed by atoms with Crippen molar-refractivity contribution in [1.29, 1.82) is 0 Å². The summed E-state index contributed by atoms with van der Waals surface area (Å²) in [5, 5.41) is 9.84. The highest BCUT2D eigenvalue weighted by Gasteiger charge is 2.12. The molecule has 136 valence electrons. The van der Waals surface area contributed by atoms with Crippen LogP contribution >= 0.6 is 22.7 Å². The molecule has 7 heteroatoms. The van der Waals surface area contributed by atoms with E-state index in [2.05, 4.69) is 27.5 Å². The van der Waals surface area contributed by atoms with E-state index < -0.39 is 0 Å². The van der Waals surface area contributed by atoms with Gasteiger partial charge in [-0.25, -0.2) is 4.98 Å². The lowest BCUT2D eigenvalue weighted by Gasteiger charge is -2.01. The van der Waals surface area contributed by atoms with Crippen molar-refractivity contribution in [1.82, 2.24) is 20.1 Å². The normalized spacial score (nSPS) is 10.9. The third kappa shape index (κ3) is 4.15. The second-order valence-electron chi connectivity index (χ2n) is 6.08. The van der Waals surface area contributed by atoms with Crippen LogP contribution in [0.2, 0.25) is 0 Å². The van der Waals surface area contributed by atoms with Crippen LogP contribution in [0.4, 0.5) is 0 Å². The van der Waals surface area contributed by atoms with Crippen LogP contribution in [0.15, 0.2) is 60.2 Å². The van der Waals surface area contributed by atoms with Crippen LogP contribution in [-0.2, 0) is 13.5 Å². The van der Waals surface area contributed by atoms with Gasteiger partial charge in [0.2, 0.25) is 0 Å². The molecule has 0 spiro atoms. The lowest BCUT2D eigenvalue weighted by atomic mass is 10.2. The zero-order valence-corrected chi connectivity index (χ0v) is 16.4. The Hall–Kier alpha value is -2.77. The molecule has 0 saturated heterocycles. The van der Waals surface area contributed by atoms with Gasteiger partial charge in [-0.1, -0.05) is 30.3 Å². The molecule has 1 N–H and O–H groups in total. The summed E-state index contributed by atoms with van der Waals surface area (Å²) in [6, 6.07) is 14.1. The van der Waals surface area contributed by atoms with E-state index in [1.54, 1.807) is 16.0 Å². The number of nitrogens with zero attached hydrogens (tertiary/aromatic N) is 3. The van der Waals surface area contributed by atoms with E-state index in [4.69, 9.17) is 0 Å². The van der Waals surface area contributed by atoms with Crippen molar-refractivity contribution >= 4 is 28.6 Å². The first-order valence-corrected chi connectivity index (χ1v) is 10.3. The van der Waals surface area contributed by atoms with Crippen molar-refractivity contribution in [2.75, 3.05) is 6.54 Å². The van der Waals surface area contributed by atoms with Crippen molar-refractivity contribution in [3.63, 3.8) is 0 Å². The third-order valence-electron chi connectivity index (χ3n) is 4.07. The number of nitrogens with one attached hydrogen (secondary N) is 1. The van der Waals surface area contributed by atoms with Crippen molar-refractivity contribution in [2.24, 2.45) is 7.05 Å². The average Bonchev–Trinajstić information content (AvgIpc) is 3.43. The smallest absolute Gasteiger partial charge is 0.270 e. The zero-order chi connectivity index (χ0) is 18.6. The summed E-state index contributed by atoms with van der Waals surface area (Å²) in [6.45, 7) is 0.587. The number of hydrogen-bond acceptors (Lipinski definition) is 5. The highest BCUT2D eigenvalue weighted by Crippen LogP contribution is 2.28. The third-order valence-corrected chi connectivity index (χ3v) is 6.15. The Balaban J connectivity index is 1.32. The van der Waals surface area contributed by atoms with E-state index in [0.29, 0.717) is 12.2 Å². The Kier molecular flexibility index (Phi) is 5.13. The molecule has 0 bridgehead atoms. The van der Waals surface area contributed by atoms with Crippen molar-refractivity contribution in [2.45, 2.75) is 6.42 Å². The SMILES string of the molecule is Cn1cc(-c2ccc(CCNC(=O)c3csc(-c4ccccc4)n3)s2)cn1. The molecule has 5 nitrogen and oxygen atoms in total. The summed E-state index contributed by atoms with van der Waals surface area (Å²) < 4.78 is 1.80. The number of carbonyl (C=O) groups excluding carboxylic acids is 1. The summed E-state index contributed by atoms with van der Waals surface area (Å²) in [5.41, 5.74) is 2.62. The second kappa shape index (κ2) is 7.85. The summed E-state index contributed by atoms with van der Waals surface area (Å²) >= 11 is 3.22. The van der Waals surface area contributed by atoms with Crippen LogP contribution in [0.25, 0.3) is 21.0 Å². The molecular weight excluding hydrogens is 376 g/mol. The number of carbonyl (C=O) groups is 1. The van der Waals surface area contributed by atoms with Gasteiger partial charge in [-0.2, -0.15) is 5.10 Å². The van der Waals surface area contributed by atoms with E-state index in [0.717, 1.165) is 22.6 Å². The summed E-state index contributed by atoms with van der Waals surface area (Å²) in [7, 11) is 1.91. The van der Waals surface area contributed by atoms with Crippen LogP contribution < -0.4 is 5.32 Å². The Morgan fingerprint density at radius 2 is 2.00 bits per heavy atom. The van der Waals surface area contributed by atoms with Crippen LogP contribution in [-0.4, -0.2) is 27.2 Å². The molecule has 1 aromatic carbocycles. The minimum atomic E-state index is -0.127. The topological polar surface area (TPSA) is 59.8 Å². The zero-order valence-electron chi connectivity index (χ0n) is 14.8. The fraction of sp³-hybridized carbons (Fsp3) is 0.150. The first kappa shape index (κ1) is 17.6. The Bertz CT molecular complexity index is 1050. The van der Waals surface area contributed by atoms with Gasteiger partial charge >= 0.3 is 0 Å². The van der Waals surface area contributed by atoms with Gasteiger partial charge in [-0.3, -0.25) is 9.48 Å². The molecule has 0 atom stereocenters. The lowest BCUT2D eigenvalue weighted by molar-refractivity contribution is 0.0950. The van der Waals surface area contributed by atoms with Gasteiger partial charge < -0.3 is 5.32 Å². The van der Waals surface area contributed by atoms with E-state index in [-0.39, 0.29) is 5.91 Å². The minimum absolute atomic E-state index is 0.127. The molecule has 0 unspecified atom stereocenters. The maximum absolute atomic E-state index is 12.3. The molecule has 27 heavy (non-hydrogen) atoms. The molecule has 0 radical (unpaired) electrons. The fourth-order valence-electron chi connectivity index (χ4n) is 2.70. The first-order valence-electron chi connectivity index (χ1n) is 8.56. The number of thiophene rings is 1. The Labute approximate surface area is 165 Å². The average molecular weight is 395 g/mol. The molecule has 1 amide bonds. The molecule has 0 fully saturated rings. The van der Waals surface area contributed by atoms with E-state index in [1.807, 2.05) is 55.2 Å². The Morgan fingerprint density at radius 3 is 2.78 bits per heavy atom. The number of rotatable bonds is 6. The number of hydrogen-bond donors (Lipinski definition) is 1. The summed E-state index contributed by atoms with van der Waals surface area (Å²) in [4.78, 5) is 19.2. The molecule has 0 saturated carbocycles. The highest BCUT2D eigenvalue weighted by atomic mass is 32.1. The first-order chi connectivity index (χ1) is 13.2. The standard InChI is InChI=1S/C20H18N4OS2/c1-24-12-15(11-22-24)18-8-7-16(27-18)9-10-21-19(25)17-13-26-20(23-17)14-5-3-2-4-6-14/h2-8,11-13H,9-10H2,1H3,(H,21,25). The molecule has 3 heterocycles. The number of aryl methyl sites for hydroxylation is 1. The van der Waals surface area contributed by atoms with Crippen molar-refractivity contribution in [3.8, 4) is 21.0 Å². The molecular formula is C20H18N4OS2. The predicted octanol–water partition coefficient (Wildman–Crippen LogP) is 4.24. The van der Waals surface area contributed by atoms with Gasteiger partial charge in [0.25, 0.3) is 5.91 Å². The highest BCUT2D eigenvalue weighted by molar-refractivity contribution is 7.15. The molecule has 0 aliphatic carbocycles. The van der Waals surface area contributed by atoms with Gasteiger partial charge in [0, 0.05) is 46.1 Å². The van der Waals surface area contributed by atoms with E-state index in [1.165, 1.54) is 21.1 Å². The van der Waals surface area contributed by atoms with Gasteiger partial charge in [-0.05, 0) is 18.6 Å². The van der Waals surface area contributed by atoms with Gasteiger partial charge in [0.05, 0.1) is 6.20 Å². The van der Waals surface area contributed by atoms with E-state index >= 15 is 0 Å². The monoisotopic (exact) mass is 394 g/mol. The fourth-order valence-corrected chi connectivity index (χ4v) is 4.49. The van der Waals surface area contributed by atoms with E-state index in [9.17, 15) is 4.79 Å². The summed E-state index contributed by atoms with van der Waals surface area (Å²) in [6.07, 6.45) is 4.67. The molecule has 3 aromatic heterocycles. The molecule has 0 aliphatic heterocycles. The van der Waals surface area contributed by atoms with Gasteiger partial charge in [-0.15, -0.1) is 22.7 Å². The van der Waals surface area contributed by atoms with Crippen LogP contribution in [0.3, 0.4) is 0 Å². The number of benzene rings is 1. The van der Waals surface area contributed by atoms with Crippen molar-refractivity contribution < 1.29 is 4.79 Å². The van der Waals surface area contributed by atoms with Crippen molar-refractivity contribution in [3.05, 3.63) is 70.8 Å². The van der Waals surface area contributed by atoms with Crippen LogP contribution in [0, 0.1) is 0 Å². The minimum Gasteiger partial charge on any atom is -0.350 e. The van der Waals surface area contributed by atoms with Crippen LogP contribution in [0.5, 0.6) is 0 Å². The maximum atomic E-state index is 12.3. The molecule has 4 rings (SSSR count).